The molecule has 3 heteroatoms. The second-order valence-electron chi connectivity index (χ2n) is 3.24. The monoisotopic (exact) mass is 282 g/mol. The van der Waals surface area contributed by atoms with Crippen LogP contribution in [0.1, 0.15) is 13.3 Å². The van der Waals surface area contributed by atoms with Crippen LogP contribution < -0.4 is 0 Å². The number of hydrogen-bond acceptors (Lipinski definition) is 1. The van der Waals surface area contributed by atoms with E-state index in [9.17, 15) is 0 Å². The molecule has 0 aliphatic carbocycles. The zero-order valence-corrected chi connectivity index (χ0v) is 10.7. The lowest BCUT2D eigenvalue weighted by atomic mass is 10.4. The first-order valence-electron chi connectivity index (χ1n) is 3.73. The number of halogens is 1. The van der Waals surface area contributed by atoms with E-state index in [1.807, 2.05) is 4.08 Å². The van der Waals surface area contributed by atoms with Crippen molar-refractivity contribution >= 4 is 30.9 Å². The van der Waals surface area contributed by atoms with E-state index < -0.39 is 8.32 Å². The minimum atomic E-state index is -1.40. The van der Waals surface area contributed by atoms with E-state index in [2.05, 4.69) is 54.9 Å². The van der Waals surface area contributed by atoms with Gasteiger partial charge in [-0.25, -0.2) is 0 Å². The van der Waals surface area contributed by atoms with Crippen molar-refractivity contribution in [2.75, 3.05) is 0 Å². The maximum Gasteiger partial charge on any atom is 0.242 e. The molecule has 0 saturated heterocycles. The highest BCUT2D eigenvalue weighted by Crippen LogP contribution is 2.11. The lowest BCUT2D eigenvalue weighted by molar-refractivity contribution is 0.407. The van der Waals surface area contributed by atoms with E-state index in [4.69, 9.17) is 4.43 Å². The Bertz CT molecular complexity index is 175. The van der Waals surface area contributed by atoms with Crippen LogP contribution in [0.4, 0.5) is 0 Å². The van der Waals surface area contributed by atoms with Crippen LogP contribution in [0.3, 0.4) is 0 Å². The summed E-state index contributed by atoms with van der Waals surface area (Å²) in [6, 6.07) is 0. The molecule has 1 nitrogen and oxygen atoms in total. The summed E-state index contributed by atoms with van der Waals surface area (Å²) in [4.78, 5) is 0. The van der Waals surface area contributed by atoms with Crippen molar-refractivity contribution in [1.29, 1.82) is 0 Å². The molecule has 0 radical (unpaired) electrons. The molecule has 0 amide bonds. The summed E-state index contributed by atoms with van der Waals surface area (Å²) in [5.74, 6) is 0.985. The molecule has 0 saturated carbocycles. The highest BCUT2D eigenvalue weighted by molar-refractivity contribution is 14.1. The fourth-order valence-electron chi connectivity index (χ4n) is 0.634. The Labute approximate surface area is 83.8 Å². The predicted molar refractivity (Wildman–Crippen MR) is 60.3 cm³/mol. The van der Waals surface area contributed by atoms with Crippen molar-refractivity contribution in [1.82, 2.24) is 0 Å². The minimum absolute atomic E-state index is 0.934. The maximum absolute atomic E-state index is 5.74. The van der Waals surface area contributed by atoms with Crippen LogP contribution in [0.5, 0.6) is 0 Å². The first-order chi connectivity index (χ1) is 4.99. The highest BCUT2D eigenvalue weighted by Gasteiger charge is 2.16. The first kappa shape index (κ1) is 11.3. The lowest BCUT2D eigenvalue weighted by Crippen LogP contribution is -2.24. The van der Waals surface area contributed by atoms with Gasteiger partial charge < -0.3 is 4.43 Å². The minimum Gasteiger partial charge on any atom is -0.542 e. The van der Waals surface area contributed by atoms with Gasteiger partial charge >= 0.3 is 0 Å². The van der Waals surface area contributed by atoms with Crippen molar-refractivity contribution in [2.24, 2.45) is 0 Å². The van der Waals surface area contributed by atoms with E-state index >= 15 is 0 Å². The van der Waals surface area contributed by atoms with Crippen LogP contribution in [0, 0.1) is 0 Å². The molecule has 0 bridgehead atoms. The van der Waals surface area contributed by atoms with E-state index in [1.54, 1.807) is 0 Å². The zero-order chi connectivity index (χ0) is 8.91. The Morgan fingerprint density at radius 1 is 1.55 bits per heavy atom. The normalized spacial score (nSPS) is 10.3. The van der Waals surface area contributed by atoms with Gasteiger partial charge in [0.25, 0.3) is 0 Å². The molecular weight excluding hydrogens is 267 g/mol. The van der Waals surface area contributed by atoms with Gasteiger partial charge in [-0.15, -0.1) is 0 Å². The van der Waals surface area contributed by atoms with Crippen LogP contribution in [-0.2, 0) is 4.43 Å². The van der Waals surface area contributed by atoms with Crippen LogP contribution >= 0.6 is 22.6 Å². The van der Waals surface area contributed by atoms with Gasteiger partial charge in [-0.05, 0) is 42.2 Å². The Balaban J connectivity index is 4.23. The molecule has 0 atom stereocenters. The molecule has 0 aromatic carbocycles. The Kier molecular flexibility index (Phi) is 5.13. The Morgan fingerprint density at radius 2 is 2.09 bits per heavy atom. The smallest absolute Gasteiger partial charge is 0.242 e. The van der Waals surface area contributed by atoms with Gasteiger partial charge in [0, 0.05) is 10.5 Å². The SMILES string of the molecule is CCC(=C=CI)O[Si](C)(C)C. The molecule has 0 aliphatic heterocycles. The second kappa shape index (κ2) is 5.01. The molecule has 0 N–H and O–H groups in total. The summed E-state index contributed by atoms with van der Waals surface area (Å²) in [6.07, 6.45) is 0.934. The van der Waals surface area contributed by atoms with Crippen LogP contribution in [0.2, 0.25) is 19.6 Å². The topological polar surface area (TPSA) is 9.23 Å². The summed E-state index contributed by atoms with van der Waals surface area (Å²) < 4.78 is 7.61. The molecule has 0 heterocycles. The van der Waals surface area contributed by atoms with Crippen molar-refractivity contribution in [2.45, 2.75) is 33.0 Å². The molecule has 0 aromatic heterocycles. The third-order valence-corrected chi connectivity index (χ3v) is 2.14. The van der Waals surface area contributed by atoms with Gasteiger partial charge in [-0.3, -0.25) is 0 Å². The standard InChI is InChI=1S/C8H15IOSi/c1-5-8(6-7-9)10-11(2,3)4/h7H,5H2,1-4H3. The zero-order valence-electron chi connectivity index (χ0n) is 7.57. The summed E-state index contributed by atoms with van der Waals surface area (Å²) in [5.41, 5.74) is 3.08. The summed E-state index contributed by atoms with van der Waals surface area (Å²) in [7, 11) is -1.40. The fraction of sp³-hybridized carbons (Fsp3) is 0.625. The molecular formula is C8H15IOSi. The quantitative estimate of drug-likeness (QED) is 0.332. The highest BCUT2D eigenvalue weighted by atomic mass is 127. The molecule has 0 spiro atoms. The van der Waals surface area contributed by atoms with Crippen molar-refractivity contribution in [3.05, 3.63) is 15.6 Å². The summed E-state index contributed by atoms with van der Waals surface area (Å²) in [6.45, 7) is 8.62. The maximum atomic E-state index is 5.74. The van der Waals surface area contributed by atoms with E-state index in [1.165, 1.54) is 0 Å². The molecule has 64 valence electrons. The number of rotatable bonds is 3. The average Bonchev–Trinajstić information content (AvgIpc) is 1.84. The van der Waals surface area contributed by atoms with Crippen molar-refractivity contribution in [3.63, 3.8) is 0 Å². The Morgan fingerprint density at radius 3 is 2.36 bits per heavy atom. The summed E-state index contributed by atoms with van der Waals surface area (Å²) >= 11 is 2.16. The molecule has 0 aliphatic rings. The van der Waals surface area contributed by atoms with Crippen LogP contribution in [0.25, 0.3) is 0 Å². The van der Waals surface area contributed by atoms with Gasteiger partial charge in [0.15, 0.2) is 0 Å². The second-order valence-corrected chi connectivity index (χ2v) is 8.30. The number of allylic oxidation sites excluding steroid dienone is 1. The van der Waals surface area contributed by atoms with Crippen molar-refractivity contribution in [3.8, 4) is 0 Å². The van der Waals surface area contributed by atoms with E-state index in [0.29, 0.717) is 0 Å². The molecule has 0 fully saturated rings. The van der Waals surface area contributed by atoms with Crippen LogP contribution in [0.15, 0.2) is 15.6 Å². The van der Waals surface area contributed by atoms with Gasteiger partial charge in [0.05, 0.1) is 0 Å². The predicted octanol–water partition coefficient (Wildman–Crippen LogP) is 3.68. The van der Waals surface area contributed by atoms with Gasteiger partial charge in [-0.2, -0.15) is 0 Å². The largest absolute Gasteiger partial charge is 0.542 e. The van der Waals surface area contributed by atoms with E-state index in [-0.39, 0.29) is 0 Å². The molecule has 11 heavy (non-hydrogen) atoms. The molecule has 0 unspecified atom stereocenters. The fourth-order valence-corrected chi connectivity index (χ4v) is 1.92. The Hall–Kier alpha value is 0.267. The van der Waals surface area contributed by atoms with Crippen molar-refractivity contribution < 1.29 is 4.43 Å². The van der Waals surface area contributed by atoms with Gasteiger partial charge in [-0.1, -0.05) is 12.7 Å². The third kappa shape index (κ3) is 6.66. The molecule has 0 aromatic rings. The molecule has 0 rings (SSSR count). The van der Waals surface area contributed by atoms with Gasteiger partial charge in [0.2, 0.25) is 8.32 Å². The average molecular weight is 282 g/mol. The van der Waals surface area contributed by atoms with Crippen LogP contribution in [-0.4, -0.2) is 8.32 Å². The third-order valence-electron chi connectivity index (χ3n) is 0.966. The van der Waals surface area contributed by atoms with E-state index in [0.717, 1.165) is 12.2 Å². The lowest BCUT2D eigenvalue weighted by Gasteiger charge is -2.19. The summed E-state index contributed by atoms with van der Waals surface area (Å²) in [5, 5.41) is 0. The number of hydrogen-bond donors (Lipinski definition) is 0. The van der Waals surface area contributed by atoms with Gasteiger partial charge in [0.1, 0.15) is 5.76 Å². The first-order valence-corrected chi connectivity index (χ1v) is 8.38.